The van der Waals surface area contributed by atoms with E-state index in [9.17, 15) is 5.11 Å². The zero-order valence-corrected chi connectivity index (χ0v) is 11.4. The van der Waals surface area contributed by atoms with Gasteiger partial charge in [0.2, 0.25) is 5.89 Å². The first kappa shape index (κ1) is 13.2. The lowest BCUT2D eigenvalue weighted by Gasteiger charge is -2.04. The molecule has 0 aliphatic carbocycles. The van der Waals surface area contributed by atoms with Gasteiger partial charge in [0, 0.05) is 12.0 Å². The van der Waals surface area contributed by atoms with E-state index in [2.05, 4.69) is 4.98 Å². The van der Waals surface area contributed by atoms with Crippen molar-refractivity contribution < 1.29 is 14.3 Å². The summed E-state index contributed by atoms with van der Waals surface area (Å²) >= 11 is 0. The van der Waals surface area contributed by atoms with E-state index >= 15 is 0 Å². The highest BCUT2D eigenvalue weighted by Gasteiger charge is 2.06. The maximum absolute atomic E-state index is 9.19. The van der Waals surface area contributed by atoms with E-state index in [1.54, 1.807) is 30.5 Å². The Morgan fingerprint density at radius 1 is 1.00 bits per heavy atom. The van der Waals surface area contributed by atoms with E-state index < -0.39 is 0 Å². The van der Waals surface area contributed by atoms with Gasteiger partial charge in [0.15, 0.2) is 0 Å². The molecule has 3 aromatic rings. The third-order valence-electron chi connectivity index (χ3n) is 3.04. The molecule has 2 aromatic carbocycles. The summed E-state index contributed by atoms with van der Waals surface area (Å²) in [5.74, 6) is 1.57. The molecule has 106 valence electrons. The summed E-state index contributed by atoms with van der Waals surface area (Å²) in [5, 5.41) is 9.19. The van der Waals surface area contributed by atoms with Crippen LogP contribution in [0.25, 0.3) is 11.5 Å². The SMILES string of the molecule is Oc1ccc(OCCc2coc(-c3ccccc3)n2)cc1. The van der Waals surface area contributed by atoms with Crippen LogP contribution in [0, 0.1) is 0 Å². The molecule has 0 bridgehead atoms. The third kappa shape index (κ3) is 3.42. The van der Waals surface area contributed by atoms with Gasteiger partial charge in [-0.25, -0.2) is 4.98 Å². The zero-order valence-electron chi connectivity index (χ0n) is 11.4. The molecule has 1 N–H and O–H groups in total. The average Bonchev–Trinajstić information content (AvgIpc) is 2.99. The lowest BCUT2D eigenvalue weighted by Crippen LogP contribution is -2.01. The fourth-order valence-electron chi connectivity index (χ4n) is 1.95. The van der Waals surface area contributed by atoms with Crippen molar-refractivity contribution in [3.63, 3.8) is 0 Å². The van der Waals surface area contributed by atoms with E-state index in [-0.39, 0.29) is 5.75 Å². The largest absolute Gasteiger partial charge is 0.508 e. The number of nitrogens with zero attached hydrogens (tertiary/aromatic N) is 1. The Labute approximate surface area is 122 Å². The predicted molar refractivity (Wildman–Crippen MR) is 79.2 cm³/mol. The van der Waals surface area contributed by atoms with Crippen LogP contribution in [0.5, 0.6) is 11.5 Å². The first-order chi connectivity index (χ1) is 10.3. The monoisotopic (exact) mass is 281 g/mol. The molecule has 0 aliphatic heterocycles. The van der Waals surface area contributed by atoms with E-state index in [0.717, 1.165) is 17.0 Å². The molecule has 0 radical (unpaired) electrons. The number of phenols is 1. The number of hydrogen-bond acceptors (Lipinski definition) is 4. The van der Waals surface area contributed by atoms with E-state index in [1.807, 2.05) is 30.3 Å². The minimum atomic E-state index is 0.228. The Kier molecular flexibility index (Phi) is 3.87. The molecule has 0 saturated heterocycles. The second kappa shape index (κ2) is 6.13. The molecule has 0 saturated carbocycles. The number of ether oxygens (including phenoxy) is 1. The molecule has 1 aromatic heterocycles. The number of phenolic OH excluding ortho intramolecular Hbond substituents is 1. The number of aromatic hydroxyl groups is 1. The van der Waals surface area contributed by atoms with Crippen molar-refractivity contribution in [1.29, 1.82) is 0 Å². The summed E-state index contributed by atoms with van der Waals surface area (Å²) in [6, 6.07) is 16.4. The van der Waals surface area contributed by atoms with Gasteiger partial charge in [-0.2, -0.15) is 0 Å². The molecule has 21 heavy (non-hydrogen) atoms. The number of hydrogen-bond donors (Lipinski definition) is 1. The van der Waals surface area contributed by atoms with Crippen molar-refractivity contribution in [3.8, 4) is 23.0 Å². The highest BCUT2D eigenvalue weighted by atomic mass is 16.5. The van der Waals surface area contributed by atoms with Crippen LogP contribution >= 0.6 is 0 Å². The van der Waals surface area contributed by atoms with Crippen molar-refractivity contribution in [3.05, 3.63) is 66.6 Å². The van der Waals surface area contributed by atoms with Crippen molar-refractivity contribution in [2.75, 3.05) is 6.61 Å². The summed E-state index contributed by atoms with van der Waals surface area (Å²) in [4.78, 5) is 4.44. The van der Waals surface area contributed by atoms with Crippen LogP contribution in [-0.4, -0.2) is 16.7 Å². The summed E-state index contributed by atoms with van der Waals surface area (Å²) in [7, 11) is 0. The van der Waals surface area contributed by atoms with Gasteiger partial charge in [0.05, 0.1) is 12.3 Å². The van der Waals surface area contributed by atoms with Crippen molar-refractivity contribution >= 4 is 0 Å². The summed E-state index contributed by atoms with van der Waals surface area (Å²) < 4.78 is 11.1. The second-order valence-corrected chi connectivity index (χ2v) is 4.60. The van der Waals surface area contributed by atoms with Gasteiger partial charge in [0.25, 0.3) is 0 Å². The Bertz CT molecular complexity index is 690. The van der Waals surface area contributed by atoms with Crippen LogP contribution in [0.3, 0.4) is 0 Å². The molecule has 0 aliphatic rings. The smallest absolute Gasteiger partial charge is 0.226 e. The summed E-state index contributed by atoms with van der Waals surface area (Å²) in [6.07, 6.45) is 2.32. The lowest BCUT2D eigenvalue weighted by atomic mass is 10.2. The van der Waals surface area contributed by atoms with Gasteiger partial charge in [0.1, 0.15) is 17.8 Å². The maximum atomic E-state index is 9.19. The molecular weight excluding hydrogens is 266 g/mol. The highest BCUT2D eigenvalue weighted by molar-refractivity contribution is 5.52. The molecule has 0 fully saturated rings. The van der Waals surface area contributed by atoms with Gasteiger partial charge in [-0.15, -0.1) is 0 Å². The predicted octanol–water partition coefficient (Wildman–Crippen LogP) is 3.67. The quantitative estimate of drug-likeness (QED) is 0.775. The molecule has 4 heteroatoms. The molecular formula is C17H15NO3. The minimum Gasteiger partial charge on any atom is -0.508 e. The van der Waals surface area contributed by atoms with Crippen molar-refractivity contribution in [1.82, 2.24) is 4.98 Å². The molecule has 0 amide bonds. The molecule has 3 rings (SSSR count). The molecule has 0 spiro atoms. The standard InChI is InChI=1S/C17H15NO3/c19-15-6-8-16(9-7-15)20-11-10-14-12-21-17(18-14)13-4-2-1-3-5-13/h1-9,12,19H,10-11H2. The molecule has 0 atom stereocenters. The summed E-state index contributed by atoms with van der Waals surface area (Å²) in [6.45, 7) is 0.505. The Morgan fingerprint density at radius 3 is 2.52 bits per heavy atom. The Balaban J connectivity index is 1.57. The Morgan fingerprint density at radius 2 is 1.76 bits per heavy atom. The first-order valence-electron chi connectivity index (χ1n) is 6.73. The van der Waals surface area contributed by atoms with Gasteiger partial charge in [-0.1, -0.05) is 18.2 Å². The van der Waals surface area contributed by atoms with Gasteiger partial charge in [-0.05, 0) is 36.4 Å². The fourth-order valence-corrected chi connectivity index (χ4v) is 1.95. The zero-order chi connectivity index (χ0) is 14.5. The Hall–Kier alpha value is -2.75. The van der Waals surface area contributed by atoms with Gasteiger partial charge < -0.3 is 14.3 Å². The van der Waals surface area contributed by atoms with Crippen LogP contribution in [-0.2, 0) is 6.42 Å². The van der Waals surface area contributed by atoms with Crippen LogP contribution in [0.4, 0.5) is 0 Å². The molecule has 4 nitrogen and oxygen atoms in total. The second-order valence-electron chi connectivity index (χ2n) is 4.60. The van der Waals surface area contributed by atoms with Crippen LogP contribution in [0.1, 0.15) is 5.69 Å². The van der Waals surface area contributed by atoms with E-state index in [0.29, 0.717) is 18.9 Å². The molecule has 1 heterocycles. The number of oxazole rings is 1. The molecule has 0 unspecified atom stereocenters. The minimum absolute atomic E-state index is 0.228. The third-order valence-corrected chi connectivity index (χ3v) is 3.04. The number of benzene rings is 2. The lowest BCUT2D eigenvalue weighted by molar-refractivity contribution is 0.319. The van der Waals surface area contributed by atoms with Crippen molar-refractivity contribution in [2.24, 2.45) is 0 Å². The van der Waals surface area contributed by atoms with Crippen molar-refractivity contribution in [2.45, 2.75) is 6.42 Å². The maximum Gasteiger partial charge on any atom is 0.226 e. The van der Waals surface area contributed by atoms with Gasteiger partial charge in [-0.3, -0.25) is 0 Å². The summed E-state index contributed by atoms with van der Waals surface area (Å²) in [5.41, 5.74) is 1.82. The van der Waals surface area contributed by atoms with E-state index in [4.69, 9.17) is 9.15 Å². The normalized spacial score (nSPS) is 10.5. The number of rotatable bonds is 5. The topological polar surface area (TPSA) is 55.5 Å². The highest BCUT2D eigenvalue weighted by Crippen LogP contribution is 2.19. The van der Waals surface area contributed by atoms with Crippen LogP contribution < -0.4 is 4.74 Å². The average molecular weight is 281 g/mol. The van der Waals surface area contributed by atoms with Crippen LogP contribution in [0.15, 0.2) is 65.3 Å². The van der Waals surface area contributed by atoms with Crippen LogP contribution in [0.2, 0.25) is 0 Å². The number of aromatic nitrogens is 1. The van der Waals surface area contributed by atoms with E-state index in [1.165, 1.54) is 0 Å². The fraction of sp³-hybridized carbons (Fsp3) is 0.118. The van der Waals surface area contributed by atoms with Gasteiger partial charge >= 0.3 is 0 Å². The first-order valence-corrected chi connectivity index (χ1v) is 6.73.